The van der Waals surface area contributed by atoms with Gasteiger partial charge in [-0.1, -0.05) is 59.8 Å². The molecule has 9 nitrogen and oxygen atoms in total. The Bertz CT molecular complexity index is 1300. The number of hydrogen-bond donors (Lipinski definition) is 2. The lowest BCUT2D eigenvalue weighted by atomic mass is 10.1. The van der Waals surface area contributed by atoms with Gasteiger partial charge in [-0.25, -0.2) is 10.4 Å². The summed E-state index contributed by atoms with van der Waals surface area (Å²) in [4.78, 5) is 23.3. The minimum Gasteiger partial charge on any atom is -0.339 e. The van der Waals surface area contributed by atoms with Gasteiger partial charge in [0, 0.05) is 18.1 Å². The van der Waals surface area contributed by atoms with E-state index in [-0.39, 0.29) is 11.5 Å². The second kappa shape index (κ2) is 8.20. The summed E-state index contributed by atoms with van der Waals surface area (Å²) in [6.07, 6.45) is 1.58. The van der Waals surface area contributed by atoms with Crippen molar-refractivity contribution in [2.75, 3.05) is 5.43 Å². The molecule has 9 heteroatoms. The van der Waals surface area contributed by atoms with Gasteiger partial charge in [-0.3, -0.25) is 9.78 Å². The Morgan fingerprint density at radius 3 is 2.53 bits per heavy atom. The number of aryl methyl sites for hydroxylation is 1. The molecule has 2 N–H and O–H groups in total. The van der Waals surface area contributed by atoms with Crippen LogP contribution in [0, 0.1) is 18.3 Å². The van der Waals surface area contributed by atoms with Crippen LogP contribution in [0.3, 0.4) is 0 Å². The highest BCUT2D eigenvalue weighted by Gasteiger charge is 2.12. The van der Waals surface area contributed by atoms with Crippen molar-refractivity contribution < 1.29 is 4.52 Å². The number of aromatic amines is 1. The Kier molecular flexibility index (Phi) is 5.13. The fraction of sp³-hybridized carbons (Fsp3) is 0.0476. The first-order chi connectivity index (χ1) is 14.6. The minimum absolute atomic E-state index is 0.0528. The topological polar surface area (TPSA) is 133 Å². The fourth-order valence-electron chi connectivity index (χ4n) is 2.74. The van der Waals surface area contributed by atoms with Crippen molar-refractivity contribution in [2.45, 2.75) is 6.92 Å². The third-order valence-electron chi connectivity index (χ3n) is 4.16. The molecule has 0 aliphatic carbocycles. The number of aromatic nitrogens is 4. The maximum absolute atomic E-state index is 12.2. The molecule has 0 unspecified atom stereocenters. The van der Waals surface area contributed by atoms with Gasteiger partial charge < -0.3 is 4.52 Å². The van der Waals surface area contributed by atoms with Crippen molar-refractivity contribution in [3.63, 3.8) is 0 Å². The first-order valence-electron chi connectivity index (χ1n) is 8.93. The predicted molar refractivity (Wildman–Crippen MR) is 111 cm³/mol. The van der Waals surface area contributed by atoms with E-state index in [1.807, 2.05) is 48.5 Å². The van der Waals surface area contributed by atoms with Crippen molar-refractivity contribution in [3.8, 4) is 28.7 Å². The average Bonchev–Trinajstić information content (AvgIpc) is 3.21. The van der Waals surface area contributed by atoms with Crippen LogP contribution in [0.4, 0.5) is 5.95 Å². The van der Waals surface area contributed by atoms with Gasteiger partial charge in [0.05, 0.1) is 11.9 Å². The summed E-state index contributed by atoms with van der Waals surface area (Å²) in [6.45, 7) is 1.73. The van der Waals surface area contributed by atoms with Crippen LogP contribution >= 0.6 is 0 Å². The molecule has 146 valence electrons. The third-order valence-corrected chi connectivity index (χ3v) is 4.16. The summed E-state index contributed by atoms with van der Waals surface area (Å²) in [5.74, 6) is 1.15. The average molecular weight is 397 g/mol. The van der Waals surface area contributed by atoms with E-state index in [1.165, 1.54) is 0 Å². The van der Waals surface area contributed by atoms with Gasteiger partial charge in [-0.2, -0.15) is 15.3 Å². The largest absolute Gasteiger partial charge is 0.339 e. The van der Waals surface area contributed by atoms with E-state index in [0.717, 1.165) is 11.1 Å². The Balaban J connectivity index is 1.54. The maximum atomic E-state index is 12.2. The Hall–Kier alpha value is -4.58. The maximum Gasteiger partial charge on any atom is 0.270 e. The van der Waals surface area contributed by atoms with E-state index < -0.39 is 5.56 Å². The van der Waals surface area contributed by atoms with Crippen LogP contribution in [0.2, 0.25) is 0 Å². The molecular formula is C21H15N7O2. The van der Waals surface area contributed by atoms with Gasteiger partial charge >= 0.3 is 0 Å². The highest BCUT2D eigenvalue weighted by molar-refractivity contribution is 5.81. The normalized spacial score (nSPS) is 10.8. The van der Waals surface area contributed by atoms with Crippen LogP contribution < -0.4 is 11.0 Å². The van der Waals surface area contributed by atoms with Crippen LogP contribution in [0.1, 0.15) is 17.0 Å². The molecule has 0 fully saturated rings. The molecule has 0 saturated carbocycles. The summed E-state index contributed by atoms with van der Waals surface area (Å²) in [5, 5.41) is 17.3. The molecule has 4 rings (SSSR count). The fourth-order valence-corrected chi connectivity index (χ4v) is 2.74. The zero-order valence-electron chi connectivity index (χ0n) is 15.8. The quantitative estimate of drug-likeness (QED) is 0.390. The molecular weight excluding hydrogens is 382 g/mol. The number of nitrogens with zero attached hydrogens (tertiary/aromatic N) is 5. The molecule has 0 atom stereocenters. The molecule has 30 heavy (non-hydrogen) atoms. The molecule has 2 aromatic carbocycles. The van der Waals surface area contributed by atoms with Crippen molar-refractivity contribution in [1.29, 1.82) is 5.26 Å². The number of nitrogens with one attached hydrogen (secondary N) is 2. The number of hydrogen-bond acceptors (Lipinski definition) is 8. The van der Waals surface area contributed by atoms with Crippen LogP contribution in [0.25, 0.3) is 22.6 Å². The molecule has 0 radical (unpaired) electrons. The van der Waals surface area contributed by atoms with Gasteiger partial charge in [-0.05, 0) is 5.56 Å². The second-order valence-electron chi connectivity index (χ2n) is 6.24. The second-order valence-corrected chi connectivity index (χ2v) is 6.24. The molecule has 0 saturated heterocycles. The standard InChI is InChI=1S/C21H15N7O2/c1-13-24-19(28-30-13)16-9-7-14(8-10-16)12-23-27-21-25-18(15-5-3-2-4-6-15)17(11-22)20(29)26-21/h2-10,12H,1H3,(H2,25,26,27,29). The molecule has 0 aliphatic heterocycles. The van der Waals surface area contributed by atoms with Crippen LogP contribution in [0.5, 0.6) is 0 Å². The zero-order chi connectivity index (χ0) is 20.9. The molecule has 0 spiro atoms. The lowest BCUT2D eigenvalue weighted by molar-refractivity contribution is 0.394. The molecule has 4 aromatic rings. The monoisotopic (exact) mass is 397 g/mol. The minimum atomic E-state index is -0.538. The highest BCUT2D eigenvalue weighted by atomic mass is 16.5. The molecule has 0 amide bonds. The first-order valence-corrected chi connectivity index (χ1v) is 8.93. The predicted octanol–water partition coefficient (Wildman–Crippen LogP) is 3.11. The first kappa shape index (κ1) is 18.8. The van der Waals surface area contributed by atoms with E-state index in [4.69, 9.17) is 4.52 Å². The van der Waals surface area contributed by atoms with Crippen molar-refractivity contribution in [3.05, 3.63) is 82.0 Å². The number of anilines is 1. The van der Waals surface area contributed by atoms with E-state index in [1.54, 1.807) is 25.3 Å². The number of hydrazone groups is 1. The van der Waals surface area contributed by atoms with Gasteiger partial charge in [0.15, 0.2) is 0 Å². The molecule has 2 heterocycles. The smallest absolute Gasteiger partial charge is 0.270 e. The Morgan fingerprint density at radius 2 is 1.87 bits per heavy atom. The van der Waals surface area contributed by atoms with Gasteiger partial charge in [0.1, 0.15) is 11.6 Å². The summed E-state index contributed by atoms with van der Waals surface area (Å²) in [7, 11) is 0. The molecule has 2 aromatic heterocycles. The van der Waals surface area contributed by atoms with Crippen molar-refractivity contribution in [1.82, 2.24) is 20.1 Å². The van der Waals surface area contributed by atoms with Gasteiger partial charge in [0.25, 0.3) is 5.56 Å². The summed E-state index contributed by atoms with van der Waals surface area (Å²) in [6, 6.07) is 18.3. The van der Waals surface area contributed by atoms with Gasteiger partial charge in [0.2, 0.25) is 17.7 Å². The van der Waals surface area contributed by atoms with Crippen molar-refractivity contribution in [2.24, 2.45) is 5.10 Å². The van der Waals surface area contributed by atoms with E-state index in [9.17, 15) is 10.1 Å². The number of rotatable bonds is 5. The van der Waals surface area contributed by atoms with E-state index in [0.29, 0.717) is 23.0 Å². The Labute approximate surface area is 170 Å². The molecule has 0 bridgehead atoms. The zero-order valence-corrected chi connectivity index (χ0v) is 15.8. The van der Waals surface area contributed by atoms with Crippen molar-refractivity contribution >= 4 is 12.2 Å². The number of H-pyrrole nitrogens is 1. The van der Waals surface area contributed by atoms with Crippen LogP contribution in [-0.2, 0) is 0 Å². The Morgan fingerprint density at radius 1 is 1.10 bits per heavy atom. The van der Waals surface area contributed by atoms with Crippen LogP contribution in [-0.4, -0.2) is 26.3 Å². The lowest BCUT2D eigenvalue weighted by Crippen LogP contribution is -2.16. The van der Waals surface area contributed by atoms with E-state index >= 15 is 0 Å². The summed E-state index contributed by atoms with van der Waals surface area (Å²) in [5.41, 5.74) is 4.70. The third kappa shape index (κ3) is 3.98. The number of benzene rings is 2. The summed E-state index contributed by atoms with van der Waals surface area (Å²) < 4.78 is 4.98. The lowest BCUT2D eigenvalue weighted by Gasteiger charge is -2.05. The SMILES string of the molecule is Cc1nc(-c2ccc(C=NNc3nc(-c4ccccc4)c(C#N)c(=O)[nH]3)cc2)no1. The van der Waals surface area contributed by atoms with E-state index in [2.05, 4.69) is 30.6 Å². The highest BCUT2D eigenvalue weighted by Crippen LogP contribution is 2.19. The summed E-state index contributed by atoms with van der Waals surface area (Å²) >= 11 is 0. The molecule has 0 aliphatic rings. The van der Waals surface area contributed by atoms with Gasteiger partial charge in [-0.15, -0.1) is 0 Å². The number of nitriles is 1. The van der Waals surface area contributed by atoms with Crippen LogP contribution in [0.15, 0.2) is 69.0 Å².